The molecule has 104 valence electrons. The van der Waals surface area contributed by atoms with Gasteiger partial charge in [0, 0.05) is 0 Å². The van der Waals surface area contributed by atoms with Crippen LogP contribution < -0.4 is 4.74 Å². The van der Waals surface area contributed by atoms with Gasteiger partial charge in [0.1, 0.15) is 11.3 Å². The molecule has 0 spiro atoms. The predicted molar refractivity (Wildman–Crippen MR) is 74.8 cm³/mol. The second kappa shape index (κ2) is 6.09. The van der Waals surface area contributed by atoms with E-state index < -0.39 is 5.97 Å². The van der Waals surface area contributed by atoms with Gasteiger partial charge in [0.2, 0.25) is 0 Å². The zero-order valence-electron chi connectivity index (χ0n) is 11.7. The highest BCUT2D eigenvalue weighted by molar-refractivity contribution is 5.91. The maximum absolute atomic E-state index is 11.3. The molecule has 1 aliphatic rings. The minimum absolute atomic E-state index is 0.166. The van der Waals surface area contributed by atoms with E-state index in [1.807, 2.05) is 13.0 Å². The van der Waals surface area contributed by atoms with Crippen molar-refractivity contribution < 1.29 is 14.6 Å². The standard InChI is InChI=1S/C16H22O3/c1-3-12-5-4-6-13(10-12)19-15-8-7-11(2)9-14(15)16(17)18/h7-9,12-13H,3-6,10H2,1-2H3,(H,17,18). The number of carbonyl (C=O) groups is 1. The molecule has 1 aliphatic carbocycles. The number of hydrogen-bond donors (Lipinski definition) is 1. The van der Waals surface area contributed by atoms with E-state index >= 15 is 0 Å². The van der Waals surface area contributed by atoms with Crippen LogP contribution in [-0.4, -0.2) is 17.2 Å². The summed E-state index contributed by atoms with van der Waals surface area (Å²) in [4.78, 5) is 11.3. The maximum Gasteiger partial charge on any atom is 0.339 e. The zero-order valence-corrected chi connectivity index (χ0v) is 11.7. The van der Waals surface area contributed by atoms with Crippen LogP contribution in [0.25, 0.3) is 0 Å². The first kappa shape index (κ1) is 13.9. The largest absolute Gasteiger partial charge is 0.490 e. The Bertz CT molecular complexity index is 453. The number of carboxylic acid groups (broad SMARTS) is 1. The van der Waals surface area contributed by atoms with Crippen LogP contribution in [0.4, 0.5) is 0 Å². The van der Waals surface area contributed by atoms with Gasteiger partial charge in [0.05, 0.1) is 6.10 Å². The number of ether oxygens (including phenoxy) is 1. The first-order chi connectivity index (χ1) is 9.10. The normalized spacial score (nSPS) is 23.1. The third-order valence-electron chi connectivity index (χ3n) is 3.97. The van der Waals surface area contributed by atoms with E-state index in [2.05, 4.69) is 6.92 Å². The van der Waals surface area contributed by atoms with Gasteiger partial charge in [-0.3, -0.25) is 0 Å². The Balaban J connectivity index is 2.12. The average molecular weight is 262 g/mol. The Morgan fingerprint density at radius 2 is 2.21 bits per heavy atom. The molecule has 19 heavy (non-hydrogen) atoms. The van der Waals surface area contributed by atoms with E-state index in [1.165, 1.54) is 19.3 Å². The molecule has 0 bridgehead atoms. The molecule has 2 unspecified atom stereocenters. The van der Waals surface area contributed by atoms with E-state index in [9.17, 15) is 9.90 Å². The van der Waals surface area contributed by atoms with Gasteiger partial charge in [0.15, 0.2) is 0 Å². The van der Waals surface area contributed by atoms with Crippen LogP contribution in [-0.2, 0) is 0 Å². The molecule has 3 nitrogen and oxygen atoms in total. The van der Waals surface area contributed by atoms with Crippen molar-refractivity contribution >= 4 is 5.97 Å². The van der Waals surface area contributed by atoms with Crippen LogP contribution in [0, 0.1) is 12.8 Å². The van der Waals surface area contributed by atoms with Crippen molar-refractivity contribution in [1.29, 1.82) is 0 Å². The lowest BCUT2D eigenvalue weighted by Gasteiger charge is -2.29. The molecule has 0 amide bonds. The molecular weight excluding hydrogens is 240 g/mol. The number of carboxylic acids is 1. The van der Waals surface area contributed by atoms with Crippen molar-refractivity contribution in [3.8, 4) is 5.75 Å². The topological polar surface area (TPSA) is 46.5 Å². The van der Waals surface area contributed by atoms with E-state index in [4.69, 9.17) is 4.74 Å². The van der Waals surface area contributed by atoms with Gasteiger partial charge in [-0.2, -0.15) is 0 Å². The molecule has 1 saturated carbocycles. The number of rotatable bonds is 4. The van der Waals surface area contributed by atoms with Gasteiger partial charge in [0.25, 0.3) is 0 Å². The Labute approximate surface area is 114 Å². The molecule has 2 rings (SSSR count). The van der Waals surface area contributed by atoms with Gasteiger partial charge in [-0.1, -0.05) is 31.4 Å². The fourth-order valence-corrected chi connectivity index (χ4v) is 2.81. The van der Waals surface area contributed by atoms with Crippen molar-refractivity contribution in [2.45, 2.75) is 52.1 Å². The molecule has 0 saturated heterocycles. The highest BCUT2D eigenvalue weighted by Gasteiger charge is 2.23. The molecule has 0 aliphatic heterocycles. The summed E-state index contributed by atoms with van der Waals surface area (Å²) in [7, 11) is 0. The van der Waals surface area contributed by atoms with E-state index in [-0.39, 0.29) is 11.7 Å². The van der Waals surface area contributed by atoms with E-state index in [0.717, 1.165) is 24.3 Å². The van der Waals surface area contributed by atoms with Crippen LogP contribution in [0.3, 0.4) is 0 Å². The maximum atomic E-state index is 11.3. The Hall–Kier alpha value is -1.51. The van der Waals surface area contributed by atoms with Gasteiger partial charge in [-0.15, -0.1) is 0 Å². The molecule has 1 fully saturated rings. The summed E-state index contributed by atoms with van der Waals surface area (Å²) >= 11 is 0. The molecule has 0 heterocycles. The van der Waals surface area contributed by atoms with Crippen molar-refractivity contribution in [1.82, 2.24) is 0 Å². The lowest BCUT2D eigenvalue weighted by atomic mass is 9.85. The van der Waals surface area contributed by atoms with Crippen LogP contribution in [0.5, 0.6) is 5.75 Å². The first-order valence-corrected chi connectivity index (χ1v) is 7.10. The van der Waals surface area contributed by atoms with E-state index in [1.54, 1.807) is 12.1 Å². The summed E-state index contributed by atoms with van der Waals surface area (Å²) in [6, 6.07) is 5.37. The average Bonchev–Trinajstić information content (AvgIpc) is 2.41. The molecule has 1 N–H and O–H groups in total. The Kier molecular flexibility index (Phi) is 4.46. The first-order valence-electron chi connectivity index (χ1n) is 7.10. The minimum atomic E-state index is -0.915. The van der Waals surface area contributed by atoms with Gasteiger partial charge >= 0.3 is 5.97 Å². The fourth-order valence-electron chi connectivity index (χ4n) is 2.81. The van der Waals surface area contributed by atoms with Crippen LogP contribution >= 0.6 is 0 Å². The molecule has 0 radical (unpaired) electrons. The van der Waals surface area contributed by atoms with Crippen molar-refractivity contribution in [2.75, 3.05) is 0 Å². The third kappa shape index (κ3) is 3.49. The third-order valence-corrected chi connectivity index (χ3v) is 3.97. The summed E-state index contributed by atoms with van der Waals surface area (Å²) in [5.41, 5.74) is 1.22. The summed E-state index contributed by atoms with van der Waals surface area (Å²) in [6.07, 6.45) is 5.87. The summed E-state index contributed by atoms with van der Waals surface area (Å²) in [5.74, 6) is 0.318. The number of hydrogen-bond acceptors (Lipinski definition) is 2. The number of aromatic carboxylic acids is 1. The zero-order chi connectivity index (χ0) is 13.8. The Morgan fingerprint density at radius 3 is 2.89 bits per heavy atom. The molecular formula is C16H22O3. The second-order valence-electron chi connectivity index (χ2n) is 5.49. The molecule has 2 atom stereocenters. The quantitative estimate of drug-likeness (QED) is 0.890. The summed E-state index contributed by atoms with van der Waals surface area (Å²) in [5, 5.41) is 9.24. The predicted octanol–water partition coefficient (Wildman–Crippen LogP) is 4.04. The monoisotopic (exact) mass is 262 g/mol. The number of aryl methyl sites for hydroxylation is 1. The second-order valence-corrected chi connectivity index (χ2v) is 5.49. The smallest absolute Gasteiger partial charge is 0.339 e. The van der Waals surface area contributed by atoms with E-state index in [0.29, 0.717) is 5.75 Å². The lowest BCUT2D eigenvalue weighted by molar-refractivity contribution is 0.0682. The van der Waals surface area contributed by atoms with Crippen molar-refractivity contribution in [3.05, 3.63) is 29.3 Å². The van der Waals surface area contributed by atoms with Crippen LogP contribution in [0.2, 0.25) is 0 Å². The summed E-state index contributed by atoms with van der Waals surface area (Å²) < 4.78 is 5.95. The summed E-state index contributed by atoms with van der Waals surface area (Å²) in [6.45, 7) is 4.10. The van der Waals surface area contributed by atoms with Gasteiger partial charge < -0.3 is 9.84 Å². The minimum Gasteiger partial charge on any atom is -0.490 e. The molecule has 1 aromatic carbocycles. The highest BCUT2D eigenvalue weighted by Crippen LogP contribution is 2.31. The van der Waals surface area contributed by atoms with Gasteiger partial charge in [-0.25, -0.2) is 4.79 Å². The van der Waals surface area contributed by atoms with Crippen molar-refractivity contribution in [3.63, 3.8) is 0 Å². The Morgan fingerprint density at radius 1 is 1.42 bits per heavy atom. The molecule has 0 aromatic heterocycles. The van der Waals surface area contributed by atoms with Crippen LogP contribution in [0.1, 0.15) is 54.9 Å². The van der Waals surface area contributed by atoms with Crippen LogP contribution in [0.15, 0.2) is 18.2 Å². The van der Waals surface area contributed by atoms with Crippen molar-refractivity contribution in [2.24, 2.45) is 5.92 Å². The fraction of sp³-hybridized carbons (Fsp3) is 0.562. The highest BCUT2D eigenvalue weighted by atomic mass is 16.5. The molecule has 1 aromatic rings. The van der Waals surface area contributed by atoms with Gasteiger partial charge in [-0.05, 0) is 44.2 Å². The number of benzene rings is 1. The lowest BCUT2D eigenvalue weighted by Crippen LogP contribution is -2.25. The SMILES string of the molecule is CCC1CCCC(Oc2ccc(C)cc2C(=O)O)C1. The molecule has 3 heteroatoms.